The quantitative estimate of drug-likeness (QED) is 0.672. The van der Waals surface area contributed by atoms with E-state index in [0.717, 1.165) is 5.57 Å². The zero-order valence-corrected chi connectivity index (χ0v) is 18.3. The Morgan fingerprint density at radius 2 is 1.71 bits per heavy atom. The SMILES string of the molecule is C=C1CC[C@]2(C)C3=C(C(=O)[C@]4(C[C@@H]4C)[C@H](OC(C)=O)C3=O)[C@H](OC(C)=O)[C@@H](O)[C@H]2C1=C. The Balaban J connectivity index is 1.98. The number of esters is 2. The third-order valence-electron chi connectivity index (χ3n) is 7.80. The maximum Gasteiger partial charge on any atom is 0.303 e. The van der Waals surface area contributed by atoms with Gasteiger partial charge in [0.2, 0.25) is 5.78 Å². The van der Waals surface area contributed by atoms with Gasteiger partial charge in [-0.25, -0.2) is 0 Å². The molecule has 2 saturated carbocycles. The number of carbonyl (C=O) groups is 4. The molecule has 4 rings (SSSR count). The number of allylic oxidation sites excluding steroid dienone is 1. The molecule has 0 aromatic heterocycles. The van der Waals surface area contributed by atoms with Gasteiger partial charge in [-0.15, -0.1) is 0 Å². The van der Waals surface area contributed by atoms with Crippen molar-refractivity contribution in [1.29, 1.82) is 0 Å². The van der Waals surface area contributed by atoms with Crippen LogP contribution in [0.15, 0.2) is 35.5 Å². The number of carbonyl (C=O) groups excluding carboxylic acids is 4. The first-order valence-corrected chi connectivity index (χ1v) is 10.6. The van der Waals surface area contributed by atoms with Crippen molar-refractivity contribution in [2.45, 2.75) is 65.3 Å². The number of hydrogen-bond acceptors (Lipinski definition) is 7. The molecule has 4 aliphatic carbocycles. The van der Waals surface area contributed by atoms with Crippen LogP contribution in [0.1, 0.15) is 47.0 Å². The minimum atomic E-state index is -1.28. The van der Waals surface area contributed by atoms with Crippen molar-refractivity contribution >= 4 is 23.5 Å². The van der Waals surface area contributed by atoms with Gasteiger partial charge in [0.1, 0.15) is 6.10 Å². The van der Waals surface area contributed by atoms with Gasteiger partial charge in [-0.3, -0.25) is 19.2 Å². The summed E-state index contributed by atoms with van der Waals surface area (Å²) in [6.45, 7) is 14.2. The van der Waals surface area contributed by atoms with Crippen LogP contribution in [-0.4, -0.2) is 46.9 Å². The predicted molar refractivity (Wildman–Crippen MR) is 109 cm³/mol. The predicted octanol–water partition coefficient (Wildman–Crippen LogP) is 2.23. The summed E-state index contributed by atoms with van der Waals surface area (Å²) in [6.07, 6.45) is -2.34. The van der Waals surface area contributed by atoms with Crippen molar-refractivity contribution < 1.29 is 33.8 Å². The first kappa shape index (κ1) is 21.7. The topological polar surface area (TPSA) is 107 Å². The molecule has 0 heterocycles. The van der Waals surface area contributed by atoms with E-state index in [9.17, 15) is 24.3 Å². The van der Waals surface area contributed by atoms with E-state index in [1.807, 2.05) is 13.8 Å². The van der Waals surface area contributed by atoms with E-state index < -0.39 is 52.8 Å². The molecule has 7 atom stereocenters. The summed E-state index contributed by atoms with van der Waals surface area (Å²) in [5.74, 6) is -2.95. The Morgan fingerprint density at radius 1 is 1.13 bits per heavy atom. The number of aliphatic hydroxyl groups excluding tert-OH is 1. The van der Waals surface area contributed by atoms with Gasteiger partial charge < -0.3 is 14.6 Å². The van der Waals surface area contributed by atoms with Crippen LogP contribution in [-0.2, 0) is 28.7 Å². The van der Waals surface area contributed by atoms with Crippen molar-refractivity contribution in [2.75, 3.05) is 0 Å². The number of hydrogen-bond donors (Lipinski definition) is 1. The fourth-order valence-electron chi connectivity index (χ4n) is 6.14. The van der Waals surface area contributed by atoms with Gasteiger partial charge in [0.05, 0.1) is 5.41 Å². The molecule has 0 unspecified atom stereocenters. The summed E-state index contributed by atoms with van der Waals surface area (Å²) in [4.78, 5) is 51.4. The van der Waals surface area contributed by atoms with Crippen LogP contribution < -0.4 is 0 Å². The van der Waals surface area contributed by atoms with Gasteiger partial charge >= 0.3 is 11.9 Å². The first-order chi connectivity index (χ1) is 14.4. The van der Waals surface area contributed by atoms with E-state index in [0.29, 0.717) is 24.8 Å². The molecule has 4 aliphatic rings. The lowest BCUT2D eigenvalue weighted by Gasteiger charge is -2.54. The summed E-state index contributed by atoms with van der Waals surface area (Å²) in [7, 11) is 0. The Morgan fingerprint density at radius 3 is 2.23 bits per heavy atom. The van der Waals surface area contributed by atoms with Gasteiger partial charge in [0, 0.05) is 36.3 Å². The van der Waals surface area contributed by atoms with Crippen LogP contribution in [0.2, 0.25) is 0 Å². The highest BCUT2D eigenvalue weighted by Gasteiger charge is 2.73. The summed E-state index contributed by atoms with van der Waals surface area (Å²) < 4.78 is 10.9. The van der Waals surface area contributed by atoms with Crippen molar-refractivity contribution in [1.82, 2.24) is 0 Å². The fourth-order valence-corrected chi connectivity index (χ4v) is 6.14. The molecule has 2 fully saturated rings. The van der Waals surface area contributed by atoms with Crippen molar-refractivity contribution in [3.8, 4) is 0 Å². The molecule has 0 bridgehead atoms. The molecule has 7 heteroatoms. The highest BCUT2D eigenvalue weighted by Crippen LogP contribution is 2.65. The summed E-state index contributed by atoms with van der Waals surface area (Å²) >= 11 is 0. The van der Waals surface area contributed by atoms with E-state index >= 15 is 0 Å². The highest BCUT2D eigenvalue weighted by molar-refractivity contribution is 6.20. The average molecular weight is 428 g/mol. The third-order valence-corrected chi connectivity index (χ3v) is 7.80. The van der Waals surface area contributed by atoms with Gasteiger partial charge in [-0.05, 0) is 30.8 Å². The molecular weight excluding hydrogens is 400 g/mol. The van der Waals surface area contributed by atoms with E-state index in [1.54, 1.807) is 0 Å². The van der Waals surface area contributed by atoms with Crippen LogP contribution in [0.5, 0.6) is 0 Å². The van der Waals surface area contributed by atoms with E-state index in [2.05, 4.69) is 13.2 Å². The molecule has 0 aliphatic heterocycles. The second kappa shape index (κ2) is 6.73. The van der Waals surface area contributed by atoms with Gasteiger partial charge in [0.25, 0.3) is 0 Å². The standard InChI is InChI=1S/C24H28O7/c1-10-7-8-23(6)16(12(10)3)18(27)20(30-13(4)25)15-17(23)19(28)22(31-14(5)26)24(21(15)29)9-11(24)2/h11,16,18,20,22,27H,1,3,7-9H2,2,4-6H3/t11-,16+,18-,20-,22+,23-,24+/m0/s1. The lowest BCUT2D eigenvalue weighted by atomic mass is 9.50. The maximum absolute atomic E-state index is 13.9. The smallest absolute Gasteiger partial charge is 0.303 e. The second-order valence-corrected chi connectivity index (χ2v) is 9.66. The zero-order valence-electron chi connectivity index (χ0n) is 18.3. The summed E-state index contributed by atoms with van der Waals surface area (Å²) in [6, 6.07) is 0. The Hall–Kier alpha value is -2.54. The van der Waals surface area contributed by atoms with E-state index in [-0.39, 0.29) is 22.8 Å². The number of Topliss-reactive ketones (excluding diaryl/α,β-unsaturated/α-hetero) is 2. The molecule has 0 amide bonds. The van der Waals surface area contributed by atoms with Crippen LogP contribution in [0.25, 0.3) is 0 Å². The molecule has 1 N–H and O–H groups in total. The molecule has 1 spiro atoms. The minimum absolute atomic E-state index is 0.0551. The molecular formula is C24H28O7. The van der Waals surface area contributed by atoms with E-state index in [4.69, 9.17) is 9.47 Å². The maximum atomic E-state index is 13.9. The first-order valence-electron chi connectivity index (χ1n) is 10.6. The summed E-state index contributed by atoms with van der Waals surface area (Å²) in [5, 5.41) is 11.3. The molecule has 0 radical (unpaired) electrons. The highest BCUT2D eigenvalue weighted by atomic mass is 16.6. The van der Waals surface area contributed by atoms with Crippen molar-refractivity contribution in [2.24, 2.45) is 22.7 Å². The number of aliphatic hydroxyl groups is 1. The monoisotopic (exact) mass is 428 g/mol. The van der Waals surface area contributed by atoms with Gasteiger partial charge in [0.15, 0.2) is 18.0 Å². The molecule has 0 saturated heterocycles. The summed E-state index contributed by atoms with van der Waals surface area (Å²) in [5.41, 5.74) is -0.504. The lowest BCUT2D eigenvalue weighted by molar-refractivity contribution is -0.165. The number of ketones is 2. The second-order valence-electron chi connectivity index (χ2n) is 9.66. The average Bonchev–Trinajstić information content (AvgIpc) is 3.34. The number of ether oxygens (including phenoxy) is 2. The number of rotatable bonds is 2. The molecule has 7 nitrogen and oxygen atoms in total. The molecule has 0 aromatic rings. The van der Waals surface area contributed by atoms with Crippen LogP contribution >= 0.6 is 0 Å². The zero-order chi connectivity index (χ0) is 23.0. The lowest BCUT2D eigenvalue weighted by Crippen LogP contribution is -2.61. The Labute approximate surface area is 181 Å². The van der Waals surface area contributed by atoms with Crippen molar-refractivity contribution in [3.63, 3.8) is 0 Å². The molecule has 31 heavy (non-hydrogen) atoms. The molecule has 0 aromatic carbocycles. The Bertz CT molecular complexity index is 988. The fraction of sp³-hybridized carbons (Fsp3) is 0.583. The van der Waals surface area contributed by atoms with Gasteiger partial charge in [-0.1, -0.05) is 32.6 Å². The molecule has 166 valence electrons. The normalized spacial score (nSPS) is 41.6. The van der Waals surface area contributed by atoms with Gasteiger partial charge in [-0.2, -0.15) is 0 Å². The van der Waals surface area contributed by atoms with E-state index in [1.165, 1.54) is 13.8 Å². The number of fused-ring (bicyclic) bond motifs is 2. The third kappa shape index (κ3) is 2.75. The van der Waals surface area contributed by atoms with Crippen LogP contribution in [0.3, 0.4) is 0 Å². The van der Waals surface area contributed by atoms with Crippen LogP contribution in [0, 0.1) is 22.7 Å². The Kier molecular flexibility index (Phi) is 4.71. The largest absolute Gasteiger partial charge is 0.455 e. The van der Waals surface area contributed by atoms with Crippen LogP contribution in [0.4, 0.5) is 0 Å². The minimum Gasteiger partial charge on any atom is -0.455 e. The van der Waals surface area contributed by atoms with Crippen molar-refractivity contribution in [3.05, 3.63) is 35.5 Å².